The Morgan fingerprint density at radius 1 is 1.45 bits per heavy atom. The number of nitrogens with one attached hydrogen (secondary N) is 1. The Bertz CT molecular complexity index is 597. The quantitative estimate of drug-likeness (QED) is 0.818. The van der Waals surface area contributed by atoms with Crippen LogP contribution in [-0.4, -0.2) is 15.0 Å². The molecule has 1 saturated carbocycles. The fourth-order valence-electron chi connectivity index (χ4n) is 2.27. The molecule has 1 fully saturated rings. The molecule has 0 spiro atoms. The number of hydrogen-bond donors (Lipinski definition) is 2. The van der Waals surface area contributed by atoms with E-state index in [2.05, 4.69) is 27.6 Å². The smallest absolute Gasteiger partial charge is 0.241 e. The SMILES string of the molecule is Cc1cc(CN)cc(S(=O)(=O)NCC(C)C2CC2)c1Br. The van der Waals surface area contributed by atoms with Crippen molar-refractivity contribution in [3.05, 3.63) is 27.7 Å². The summed E-state index contributed by atoms with van der Waals surface area (Å²) in [5.74, 6) is 1.07. The van der Waals surface area contributed by atoms with Crippen LogP contribution in [0.2, 0.25) is 0 Å². The first-order valence-corrected chi connectivity index (χ1v) is 9.11. The first-order valence-electron chi connectivity index (χ1n) is 6.84. The first-order chi connectivity index (χ1) is 9.35. The Kier molecular flexibility index (Phi) is 4.89. The standard InChI is InChI=1S/C14H21BrN2O2S/c1-9-5-11(7-16)6-13(14(9)15)20(18,19)17-8-10(2)12-3-4-12/h5-6,10,12,17H,3-4,7-8,16H2,1-2H3. The van der Waals surface area contributed by atoms with E-state index >= 15 is 0 Å². The van der Waals surface area contributed by atoms with Gasteiger partial charge < -0.3 is 5.73 Å². The van der Waals surface area contributed by atoms with Crippen molar-refractivity contribution in [2.75, 3.05) is 6.54 Å². The average molecular weight is 361 g/mol. The van der Waals surface area contributed by atoms with Gasteiger partial charge in [0.25, 0.3) is 0 Å². The van der Waals surface area contributed by atoms with E-state index in [0.717, 1.165) is 11.1 Å². The van der Waals surface area contributed by atoms with E-state index in [4.69, 9.17) is 5.73 Å². The van der Waals surface area contributed by atoms with Gasteiger partial charge in [0, 0.05) is 17.6 Å². The monoisotopic (exact) mass is 360 g/mol. The van der Waals surface area contributed by atoms with Crippen LogP contribution < -0.4 is 10.5 Å². The highest BCUT2D eigenvalue weighted by Crippen LogP contribution is 2.36. The lowest BCUT2D eigenvalue weighted by Gasteiger charge is -2.14. The molecule has 4 nitrogen and oxygen atoms in total. The zero-order valence-electron chi connectivity index (χ0n) is 11.8. The molecule has 2 rings (SSSR count). The normalized spacial score (nSPS) is 17.2. The molecule has 0 amide bonds. The zero-order valence-corrected chi connectivity index (χ0v) is 14.2. The summed E-state index contributed by atoms with van der Waals surface area (Å²) in [5, 5.41) is 0. The summed E-state index contributed by atoms with van der Waals surface area (Å²) in [7, 11) is -3.50. The minimum absolute atomic E-state index is 0.279. The molecule has 1 aliphatic carbocycles. The summed E-state index contributed by atoms with van der Waals surface area (Å²) < 4.78 is 28.2. The third kappa shape index (κ3) is 3.61. The fourth-order valence-corrected chi connectivity index (χ4v) is 4.48. The number of hydrogen-bond acceptors (Lipinski definition) is 3. The Morgan fingerprint density at radius 2 is 2.10 bits per heavy atom. The van der Waals surface area contributed by atoms with Gasteiger partial charge in [-0.05, 0) is 64.7 Å². The Labute approximate surface area is 129 Å². The zero-order chi connectivity index (χ0) is 14.9. The van der Waals surface area contributed by atoms with Crippen molar-refractivity contribution in [1.29, 1.82) is 0 Å². The number of halogens is 1. The maximum atomic E-state index is 12.4. The third-order valence-electron chi connectivity index (χ3n) is 3.83. The molecule has 1 aromatic carbocycles. The van der Waals surface area contributed by atoms with Gasteiger partial charge in [-0.2, -0.15) is 0 Å². The van der Waals surface area contributed by atoms with Gasteiger partial charge in [-0.1, -0.05) is 13.0 Å². The molecular weight excluding hydrogens is 340 g/mol. The molecule has 1 aromatic rings. The molecule has 0 radical (unpaired) electrons. The van der Waals surface area contributed by atoms with Crippen molar-refractivity contribution in [3.8, 4) is 0 Å². The maximum Gasteiger partial charge on any atom is 0.241 e. The van der Waals surface area contributed by atoms with Crippen LogP contribution in [0.25, 0.3) is 0 Å². The maximum absolute atomic E-state index is 12.4. The lowest BCUT2D eigenvalue weighted by molar-refractivity contribution is 0.491. The summed E-state index contributed by atoms with van der Waals surface area (Å²) in [4.78, 5) is 0.279. The second-order valence-corrected chi connectivity index (χ2v) is 8.12. The number of benzene rings is 1. The predicted molar refractivity (Wildman–Crippen MR) is 83.8 cm³/mol. The van der Waals surface area contributed by atoms with Gasteiger partial charge in [-0.25, -0.2) is 13.1 Å². The highest BCUT2D eigenvalue weighted by molar-refractivity contribution is 9.10. The Hall–Kier alpha value is -0.430. The van der Waals surface area contributed by atoms with E-state index in [1.807, 2.05) is 13.0 Å². The molecule has 0 aromatic heterocycles. The Balaban J connectivity index is 2.21. The van der Waals surface area contributed by atoms with Crippen LogP contribution in [0.5, 0.6) is 0 Å². The molecule has 1 unspecified atom stereocenters. The van der Waals surface area contributed by atoms with E-state index in [1.54, 1.807) is 6.07 Å². The minimum atomic E-state index is -3.50. The first kappa shape index (κ1) is 15.9. The van der Waals surface area contributed by atoms with Gasteiger partial charge in [0.2, 0.25) is 10.0 Å². The minimum Gasteiger partial charge on any atom is -0.326 e. The molecule has 112 valence electrons. The van der Waals surface area contributed by atoms with Crippen LogP contribution in [0, 0.1) is 18.8 Å². The van der Waals surface area contributed by atoms with E-state index in [1.165, 1.54) is 12.8 Å². The summed E-state index contributed by atoms with van der Waals surface area (Å²) in [6, 6.07) is 3.54. The van der Waals surface area contributed by atoms with Crippen LogP contribution in [0.4, 0.5) is 0 Å². The van der Waals surface area contributed by atoms with Gasteiger partial charge in [-0.15, -0.1) is 0 Å². The number of nitrogens with two attached hydrogens (primary N) is 1. The molecule has 1 aliphatic rings. The number of sulfonamides is 1. The molecule has 3 N–H and O–H groups in total. The van der Waals surface area contributed by atoms with Crippen LogP contribution in [-0.2, 0) is 16.6 Å². The predicted octanol–water partition coefficient (Wildman–Crippen LogP) is 2.54. The van der Waals surface area contributed by atoms with Gasteiger partial charge in [0.15, 0.2) is 0 Å². The van der Waals surface area contributed by atoms with E-state index < -0.39 is 10.0 Å². The van der Waals surface area contributed by atoms with Crippen LogP contribution in [0.15, 0.2) is 21.5 Å². The topological polar surface area (TPSA) is 72.2 Å². The molecule has 0 bridgehead atoms. The second-order valence-electron chi connectivity index (χ2n) is 5.60. The summed E-state index contributed by atoms with van der Waals surface area (Å²) in [6.07, 6.45) is 2.43. The molecule has 0 aliphatic heterocycles. The van der Waals surface area contributed by atoms with Gasteiger partial charge >= 0.3 is 0 Å². The lowest BCUT2D eigenvalue weighted by atomic mass is 10.1. The molecule has 20 heavy (non-hydrogen) atoms. The fraction of sp³-hybridized carbons (Fsp3) is 0.571. The molecule has 6 heteroatoms. The van der Waals surface area contributed by atoms with Crippen molar-refractivity contribution >= 4 is 26.0 Å². The van der Waals surface area contributed by atoms with Crippen LogP contribution in [0.3, 0.4) is 0 Å². The molecule has 0 heterocycles. The number of aryl methyl sites for hydroxylation is 1. The van der Waals surface area contributed by atoms with Crippen molar-refractivity contribution in [2.45, 2.75) is 38.1 Å². The van der Waals surface area contributed by atoms with E-state index in [0.29, 0.717) is 29.4 Å². The van der Waals surface area contributed by atoms with Gasteiger partial charge in [-0.3, -0.25) is 0 Å². The summed E-state index contributed by atoms with van der Waals surface area (Å²) >= 11 is 3.37. The number of rotatable bonds is 6. The summed E-state index contributed by atoms with van der Waals surface area (Å²) in [5.41, 5.74) is 7.32. The molecule has 1 atom stereocenters. The highest BCUT2D eigenvalue weighted by atomic mass is 79.9. The van der Waals surface area contributed by atoms with Crippen molar-refractivity contribution < 1.29 is 8.42 Å². The molecular formula is C14H21BrN2O2S. The third-order valence-corrected chi connectivity index (χ3v) is 6.59. The largest absolute Gasteiger partial charge is 0.326 e. The summed E-state index contributed by atoms with van der Waals surface area (Å²) in [6.45, 7) is 4.78. The Morgan fingerprint density at radius 3 is 2.65 bits per heavy atom. The van der Waals surface area contributed by atoms with Crippen molar-refractivity contribution in [2.24, 2.45) is 17.6 Å². The van der Waals surface area contributed by atoms with Crippen molar-refractivity contribution in [1.82, 2.24) is 4.72 Å². The van der Waals surface area contributed by atoms with Crippen LogP contribution in [0.1, 0.15) is 30.9 Å². The molecule has 0 saturated heterocycles. The van der Waals surface area contributed by atoms with Crippen molar-refractivity contribution in [3.63, 3.8) is 0 Å². The lowest BCUT2D eigenvalue weighted by Crippen LogP contribution is -2.29. The second kappa shape index (κ2) is 6.13. The van der Waals surface area contributed by atoms with Crippen LogP contribution >= 0.6 is 15.9 Å². The van der Waals surface area contributed by atoms with Gasteiger partial charge in [0.05, 0.1) is 4.90 Å². The van der Waals surface area contributed by atoms with E-state index in [-0.39, 0.29) is 4.90 Å². The average Bonchev–Trinajstić information content (AvgIpc) is 3.23. The van der Waals surface area contributed by atoms with E-state index in [9.17, 15) is 8.42 Å². The highest BCUT2D eigenvalue weighted by Gasteiger charge is 2.29. The van der Waals surface area contributed by atoms with Gasteiger partial charge in [0.1, 0.15) is 0 Å².